The summed E-state index contributed by atoms with van der Waals surface area (Å²) in [6.07, 6.45) is 11.5. The molecule has 1 heterocycles. The van der Waals surface area contributed by atoms with Gasteiger partial charge in [0.15, 0.2) is 0 Å². The maximum absolute atomic E-state index is 4.80. The summed E-state index contributed by atoms with van der Waals surface area (Å²) in [4.78, 5) is 0. The van der Waals surface area contributed by atoms with E-state index in [1.165, 1.54) is 44.2 Å². The molecule has 100 valence electrons. The minimum atomic E-state index is 0.655. The lowest BCUT2D eigenvalue weighted by molar-refractivity contribution is 0.443. The molecule has 0 amide bonds. The maximum atomic E-state index is 4.80. The van der Waals surface area contributed by atoms with Crippen LogP contribution >= 0.6 is 0 Å². The summed E-state index contributed by atoms with van der Waals surface area (Å²) in [5.41, 5.74) is 1.28. The van der Waals surface area contributed by atoms with Crippen molar-refractivity contribution < 1.29 is 0 Å². The fourth-order valence-corrected chi connectivity index (χ4v) is 3.25. The molecule has 1 atom stereocenters. The van der Waals surface area contributed by atoms with Crippen LogP contribution in [0.2, 0.25) is 0 Å². The Balaban J connectivity index is 1.61. The Bertz CT molecular complexity index is 375. The second-order valence-electron chi connectivity index (χ2n) is 5.93. The standard InChI is InChI=1S/C15H25N3/c1-2-16-15(12-7-8-12)11-13-9-10-18(17-13)14-5-3-4-6-14/h9-10,12,14-16H,2-8,11H2,1H3. The Morgan fingerprint density at radius 1 is 1.33 bits per heavy atom. The molecule has 0 bridgehead atoms. The van der Waals surface area contributed by atoms with Gasteiger partial charge in [-0.25, -0.2) is 0 Å². The van der Waals surface area contributed by atoms with Gasteiger partial charge in [-0.1, -0.05) is 19.8 Å². The predicted octanol–water partition coefficient (Wildman–Crippen LogP) is 2.93. The molecule has 0 saturated heterocycles. The zero-order valence-electron chi connectivity index (χ0n) is 11.4. The van der Waals surface area contributed by atoms with Crippen LogP contribution in [0.15, 0.2) is 12.3 Å². The van der Waals surface area contributed by atoms with E-state index in [0.29, 0.717) is 12.1 Å². The average Bonchev–Trinajstić information content (AvgIpc) is 2.90. The molecule has 0 spiro atoms. The second-order valence-corrected chi connectivity index (χ2v) is 5.93. The van der Waals surface area contributed by atoms with Crippen LogP contribution in [-0.2, 0) is 6.42 Å². The van der Waals surface area contributed by atoms with Crippen LogP contribution in [0.5, 0.6) is 0 Å². The van der Waals surface area contributed by atoms with Gasteiger partial charge in [-0.05, 0) is 44.2 Å². The van der Waals surface area contributed by atoms with Gasteiger partial charge in [0.05, 0.1) is 11.7 Å². The van der Waals surface area contributed by atoms with Gasteiger partial charge in [-0.15, -0.1) is 0 Å². The van der Waals surface area contributed by atoms with Gasteiger partial charge in [-0.3, -0.25) is 4.68 Å². The van der Waals surface area contributed by atoms with Crippen molar-refractivity contribution in [1.29, 1.82) is 0 Å². The van der Waals surface area contributed by atoms with Crippen LogP contribution in [0.25, 0.3) is 0 Å². The van der Waals surface area contributed by atoms with Gasteiger partial charge in [-0.2, -0.15) is 5.10 Å². The topological polar surface area (TPSA) is 29.9 Å². The first-order valence-corrected chi connectivity index (χ1v) is 7.64. The number of nitrogens with one attached hydrogen (secondary N) is 1. The van der Waals surface area contributed by atoms with Gasteiger partial charge in [0.1, 0.15) is 0 Å². The smallest absolute Gasteiger partial charge is 0.0640 e. The van der Waals surface area contributed by atoms with Crippen LogP contribution in [-0.4, -0.2) is 22.4 Å². The Morgan fingerprint density at radius 3 is 2.78 bits per heavy atom. The van der Waals surface area contributed by atoms with Crippen molar-refractivity contribution in [1.82, 2.24) is 15.1 Å². The van der Waals surface area contributed by atoms with Crippen molar-refractivity contribution in [3.05, 3.63) is 18.0 Å². The lowest BCUT2D eigenvalue weighted by Crippen LogP contribution is -2.33. The minimum absolute atomic E-state index is 0.655. The van der Waals surface area contributed by atoms with E-state index in [0.717, 1.165) is 18.9 Å². The van der Waals surface area contributed by atoms with E-state index >= 15 is 0 Å². The highest BCUT2D eigenvalue weighted by Crippen LogP contribution is 2.34. The van der Waals surface area contributed by atoms with E-state index in [9.17, 15) is 0 Å². The van der Waals surface area contributed by atoms with Gasteiger partial charge in [0, 0.05) is 18.7 Å². The zero-order chi connectivity index (χ0) is 12.4. The summed E-state index contributed by atoms with van der Waals surface area (Å²) in [6, 6.07) is 3.56. The summed E-state index contributed by atoms with van der Waals surface area (Å²) in [7, 11) is 0. The SMILES string of the molecule is CCNC(Cc1ccn(C2CCCC2)n1)C1CC1. The summed E-state index contributed by atoms with van der Waals surface area (Å²) >= 11 is 0. The van der Waals surface area contributed by atoms with E-state index in [2.05, 4.69) is 29.2 Å². The molecule has 1 N–H and O–H groups in total. The second kappa shape index (κ2) is 5.43. The molecule has 3 rings (SSSR count). The van der Waals surface area contributed by atoms with Crippen LogP contribution in [0.4, 0.5) is 0 Å². The van der Waals surface area contributed by atoms with Crippen LogP contribution in [0, 0.1) is 5.92 Å². The van der Waals surface area contributed by atoms with E-state index in [4.69, 9.17) is 5.10 Å². The van der Waals surface area contributed by atoms with Crippen molar-refractivity contribution in [2.24, 2.45) is 5.92 Å². The molecule has 1 unspecified atom stereocenters. The van der Waals surface area contributed by atoms with Crippen molar-refractivity contribution in [3.63, 3.8) is 0 Å². The third kappa shape index (κ3) is 2.77. The molecule has 2 fully saturated rings. The summed E-state index contributed by atoms with van der Waals surface area (Å²) in [6.45, 7) is 3.27. The van der Waals surface area contributed by atoms with Crippen molar-refractivity contribution >= 4 is 0 Å². The Kier molecular flexibility index (Phi) is 3.69. The van der Waals surface area contributed by atoms with Gasteiger partial charge >= 0.3 is 0 Å². The molecule has 1 aromatic heterocycles. The Morgan fingerprint density at radius 2 is 2.11 bits per heavy atom. The number of hydrogen-bond acceptors (Lipinski definition) is 2. The normalized spacial score (nSPS) is 22.5. The number of likely N-dealkylation sites (N-methyl/N-ethyl adjacent to an activating group) is 1. The van der Waals surface area contributed by atoms with Crippen molar-refractivity contribution in [3.8, 4) is 0 Å². The highest BCUT2D eigenvalue weighted by Gasteiger charge is 2.31. The summed E-state index contributed by atoms with van der Waals surface area (Å²) in [5.74, 6) is 0.904. The third-order valence-corrected chi connectivity index (χ3v) is 4.45. The molecular formula is C15H25N3. The first kappa shape index (κ1) is 12.2. The van der Waals surface area contributed by atoms with E-state index in [1.807, 2.05) is 0 Å². The van der Waals surface area contributed by atoms with Gasteiger partial charge in [0.2, 0.25) is 0 Å². The molecule has 3 heteroatoms. The van der Waals surface area contributed by atoms with Crippen LogP contribution in [0.1, 0.15) is 57.2 Å². The summed E-state index contributed by atoms with van der Waals surface area (Å²) in [5, 5.41) is 8.42. The molecule has 2 aliphatic rings. The molecule has 0 aliphatic heterocycles. The quantitative estimate of drug-likeness (QED) is 0.837. The highest BCUT2D eigenvalue weighted by molar-refractivity contribution is 5.05. The molecule has 2 saturated carbocycles. The molecule has 18 heavy (non-hydrogen) atoms. The number of aromatic nitrogens is 2. The number of hydrogen-bond donors (Lipinski definition) is 1. The fourth-order valence-electron chi connectivity index (χ4n) is 3.25. The lowest BCUT2D eigenvalue weighted by atomic mass is 10.1. The third-order valence-electron chi connectivity index (χ3n) is 4.45. The first-order chi connectivity index (χ1) is 8.86. The van der Waals surface area contributed by atoms with Crippen LogP contribution < -0.4 is 5.32 Å². The molecule has 3 nitrogen and oxygen atoms in total. The molecule has 1 aromatic rings. The monoisotopic (exact) mass is 247 g/mol. The molecular weight excluding hydrogens is 222 g/mol. The van der Waals surface area contributed by atoms with Crippen molar-refractivity contribution in [2.45, 2.75) is 64.0 Å². The lowest BCUT2D eigenvalue weighted by Gasteiger charge is -2.16. The van der Waals surface area contributed by atoms with Gasteiger partial charge < -0.3 is 5.32 Å². The molecule has 0 radical (unpaired) electrons. The predicted molar refractivity (Wildman–Crippen MR) is 73.6 cm³/mol. The minimum Gasteiger partial charge on any atom is -0.314 e. The highest BCUT2D eigenvalue weighted by atomic mass is 15.3. The van der Waals surface area contributed by atoms with E-state index in [-0.39, 0.29) is 0 Å². The maximum Gasteiger partial charge on any atom is 0.0640 e. The number of nitrogens with zero attached hydrogens (tertiary/aromatic N) is 2. The largest absolute Gasteiger partial charge is 0.314 e. The number of rotatable bonds is 6. The fraction of sp³-hybridized carbons (Fsp3) is 0.800. The average molecular weight is 247 g/mol. The van der Waals surface area contributed by atoms with Gasteiger partial charge in [0.25, 0.3) is 0 Å². The van der Waals surface area contributed by atoms with E-state index < -0.39 is 0 Å². The molecule has 0 aromatic carbocycles. The Labute approximate surface area is 110 Å². The molecule has 2 aliphatic carbocycles. The van der Waals surface area contributed by atoms with Crippen LogP contribution in [0.3, 0.4) is 0 Å². The van der Waals surface area contributed by atoms with Crippen molar-refractivity contribution in [2.75, 3.05) is 6.54 Å². The zero-order valence-corrected chi connectivity index (χ0v) is 11.4. The first-order valence-electron chi connectivity index (χ1n) is 7.64. The van der Waals surface area contributed by atoms with E-state index in [1.54, 1.807) is 0 Å². The Hall–Kier alpha value is -0.830. The summed E-state index contributed by atoms with van der Waals surface area (Å²) < 4.78 is 2.22.